The SMILES string of the molecule is CCCCCC1CCC(c2ccc(-c3ccc(C4CCC(F)(CCC)CC4)cc3)cc2)CC1. The van der Waals surface area contributed by atoms with Gasteiger partial charge in [-0.15, -0.1) is 0 Å². The Balaban J connectivity index is 1.30. The molecule has 33 heavy (non-hydrogen) atoms. The van der Waals surface area contributed by atoms with Gasteiger partial charge in [-0.25, -0.2) is 4.39 Å². The van der Waals surface area contributed by atoms with Crippen LogP contribution in [0.3, 0.4) is 0 Å². The summed E-state index contributed by atoms with van der Waals surface area (Å²) >= 11 is 0. The largest absolute Gasteiger partial charge is 0.244 e. The van der Waals surface area contributed by atoms with Crippen LogP contribution in [0.2, 0.25) is 0 Å². The Morgan fingerprint density at radius 3 is 1.67 bits per heavy atom. The van der Waals surface area contributed by atoms with Gasteiger partial charge >= 0.3 is 0 Å². The Hall–Kier alpha value is -1.63. The molecule has 0 spiro atoms. The normalized spacial score (nSPS) is 28.0. The average molecular weight is 449 g/mol. The van der Waals surface area contributed by atoms with E-state index in [1.807, 2.05) is 0 Å². The monoisotopic (exact) mass is 448 g/mol. The first kappa shape index (κ1) is 24.5. The number of halogens is 1. The molecule has 0 amide bonds. The molecular formula is C32H45F. The number of hydrogen-bond donors (Lipinski definition) is 0. The van der Waals surface area contributed by atoms with E-state index in [1.165, 1.54) is 73.6 Å². The molecule has 0 saturated heterocycles. The van der Waals surface area contributed by atoms with Crippen LogP contribution in [0, 0.1) is 5.92 Å². The van der Waals surface area contributed by atoms with E-state index in [2.05, 4.69) is 62.4 Å². The molecule has 4 rings (SSSR count). The molecule has 2 aromatic rings. The van der Waals surface area contributed by atoms with Crippen LogP contribution >= 0.6 is 0 Å². The molecule has 1 heteroatoms. The van der Waals surface area contributed by atoms with Gasteiger partial charge in [-0.05, 0) is 97.8 Å². The van der Waals surface area contributed by atoms with E-state index >= 15 is 0 Å². The van der Waals surface area contributed by atoms with Crippen molar-refractivity contribution in [3.63, 3.8) is 0 Å². The minimum Gasteiger partial charge on any atom is -0.244 e. The third kappa shape index (κ3) is 6.49. The van der Waals surface area contributed by atoms with Gasteiger partial charge in [0, 0.05) is 0 Å². The Morgan fingerprint density at radius 1 is 0.667 bits per heavy atom. The first-order valence-corrected chi connectivity index (χ1v) is 14.0. The summed E-state index contributed by atoms with van der Waals surface area (Å²) in [5.41, 5.74) is 4.64. The fourth-order valence-electron chi connectivity index (χ4n) is 6.53. The smallest absolute Gasteiger partial charge is 0.111 e. The zero-order chi connectivity index (χ0) is 23.1. The Bertz CT molecular complexity index is 818. The second-order valence-corrected chi connectivity index (χ2v) is 11.1. The summed E-state index contributed by atoms with van der Waals surface area (Å²) in [4.78, 5) is 0. The highest BCUT2D eigenvalue weighted by molar-refractivity contribution is 5.64. The highest BCUT2D eigenvalue weighted by atomic mass is 19.1. The first-order chi connectivity index (χ1) is 16.1. The van der Waals surface area contributed by atoms with Crippen LogP contribution in [0.5, 0.6) is 0 Å². The topological polar surface area (TPSA) is 0 Å². The lowest BCUT2D eigenvalue weighted by Crippen LogP contribution is -2.28. The van der Waals surface area contributed by atoms with Gasteiger partial charge < -0.3 is 0 Å². The fraction of sp³-hybridized carbons (Fsp3) is 0.625. The van der Waals surface area contributed by atoms with Crippen molar-refractivity contribution in [1.82, 2.24) is 0 Å². The second kappa shape index (κ2) is 11.7. The van der Waals surface area contributed by atoms with E-state index in [0.717, 1.165) is 50.4 Å². The lowest BCUT2D eigenvalue weighted by Gasteiger charge is -2.34. The first-order valence-electron chi connectivity index (χ1n) is 14.0. The molecule has 2 fully saturated rings. The molecule has 2 saturated carbocycles. The van der Waals surface area contributed by atoms with Gasteiger partial charge in [-0.2, -0.15) is 0 Å². The summed E-state index contributed by atoms with van der Waals surface area (Å²) < 4.78 is 14.8. The van der Waals surface area contributed by atoms with E-state index in [4.69, 9.17) is 0 Å². The maximum absolute atomic E-state index is 14.8. The fourth-order valence-corrected chi connectivity index (χ4v) is 6.53. The predicted octanol–water partition coefficient (Wildman–Crippen LogP) is 10.4. The molecule has 0 heterocycles. The summed E-state index contributed by atoms with van der Waals surface area (Å²) in [6.07, 6.45) is 16.3. The zero-order valence-electron chi connectivity index (χ0n) is 21.1. The molecule has 2 aliphatic carbocycles. The molecule has 0 aromatic heterocycles. The van der Waals surface area contributed by atoms with Gasteiger partial charge in [0.2, 0.25) is 0 Å². The third-order valence-electron chi connectivity index (χ3n) is 8.74. The molecule has 0 nitrogen and oxygen atoms in total. The number of benzene rings is 2. The van der Waals surface area contributed by atoms with Crippen LogP contribution in [-0.4, -0.2) is 5.67 Å². The third-order valence-corrected chi connectivity index (χ3v) is 8.74. The van der Waals surface area contributed by atoms with Crippen LogP contribution in [0.4, 0.5) is 4.39 Å². The van der Waals surface area contributed by atoms with Gasteiger partial charge in [0.05, 0.1) is 0 Å². The van der Waals surface area contributed by atoms with Gasteiger partial charge in [0.15, 0.2) is 0 Å². The highest BCUT2D eigenvalue weighted by Crippen LogP contribution is 2.43. The molecule has 2 aromatic carbocycles. The van der Waals surface area contributed by atoms with Crippen molar-refractivity contribution in [2.75, 3.05) is 0 Å². The molecule has 0 unspecified atom stereocenters. The number of rotatable bonds is 9. The lowest BCUT2D eigenvalue weighted by atomic mass is 9.75. The second-order valence-electron chi connectivity index (χ2n) is 11.1. The van der Waals surface area contributed by atoms with Crippen LogP contribution in [0.25, 0.3) is 11.1 Å². The Labute approximate surface area is 202 Å². The molecule has 0 N–H and O–H groups in total. The maximum Gasteiger partial charge on any atom is 0.111 e. The van der Waals surface area contributed by atoms with Crippen molar-refractivity contribution < 1.29 is 4.39 Å². The van der Waals surface area contributed by atoms with Crippen molar-refractivity contribution in [2.24, 2.45) is 5.92 Å². The molecule has 0 atom stereocenters. The lowest BCUT2D eigenvalue weighted by molar-refractivity contribution is 0.0874. The van der Waals surface area contributed by atoms with Crippen LogP contribution < -0.4 is 0 Å². The van der Waals surface area contributed by atoms with E-state index in [9.17, 15) is 4.39 Å². The summed E-state index contributed by atoms with van der Waals surface area (Å²) in [5.74, 6) is 2.26. The molecule has 2 aliphatic rings. The summed E-state index contributed by atoms with van der Waals surface area (Å²) in [6, 6.07) is 18.5. The molecule has 0 bridgehead atoms. The summed E-state index contributed by atoms with van der Waals surface area (Å²) in [6.45, 7) is 4.40. The van der Waals surface area contributed by atoms with Crippen LogP contribution in [0.1, 0.15) is 127 Å². The molecule has 0 radical (unpaired) electrons. The highest BCUT2D eigenvalue weighted by Gasteiger charge is 2.34. The maximum atomic E-state index is 14.8. The van der Waals surface area contributed by atoms with Crippen molar-refractivity contribution in [2.45, 2.75) is 121 Å². The number of hydrogen-bond acceptors (Lipinski definition) is 0. The summed E-state index contributed by atoms with van der Waals surface area (Å²) in [5, 5.41) is 0. The average Bonchev–Trinajstić information content (AvgIpc) is 2.85. The van der Waals surface area contributed by atoms with Crippen LogP contribution in [-0.2, 0) is 0 Å². The molecule has 180 valence electrons. The van der Waals surface area contributed by atoms with Gasteiger partial charge in [0.1, 0.15) is 5.67 Å². The molecular weight excluding hydrogens is 403 g/mol. The van der Waals surface area contributed by atoms with E-state index in [0.29, 0.717) is 5.92 Å². The minimum atomic E-state index is -0.902. The van der Waals surface area contributed by atoms with E-state index in [1.54, 1.807) is 0 Å². The zero-order valence-corrected chi connectivity index (χ0v) is 21.1. The van der Waals surface area contributed by atoms with Crippen LogP contribution in [0.15, 0.2) is 48.5 Å². The van der Waals surface area contributed by atoms with Crippen molar-refractivity contribution in [1.29, 1.82) is 0 Å². The molecule has 0 aliphatic heterocycles. The van der Waals surface area contributed by atoms with E-state index in [-0.39, 0.29) is 0 Å². The standard InChI is InChI=1S/C32H45F/c1-3-5-6-7-25-8-10-26(11-9-25)27-12-14-28(15-13-27)29-16-18-30(19-17-29)31-20-23-32(33,22-4-2)24-21-31/h12-19,25-26,31H,3-11,20-24H2,1-2H3. The number of alkyl halides is 1. The quantitative estimate of drug-likeness (QED) is 0.335. The van der Waals surface area contributed by atoms with Crippen molar-refractivity contribution >= 4 is 0 Å². The van der Waals surface area contributed by atoms with Crippen molar-refractivity contribution in [3.8, 4) is 11.1 Å². The van der Waals surface area contributed by atoms with Gasteiger partial charge in [0.25, 0.3) is 0 Å². The Kier molecular flexibility index (Phi) is 8.67. The number of unbranched alkanes of at least 4 members (excludes halogenated alkanes) is 2. The van der Waals surface area contributed by atoms with Crippen molar-refractivity contribution in [3.05, 3.63) is 59.7 Å². The Morgan fingerprint density at radius 2 is 1.18 bits per heavy atom. The minimum absolute atomic E-state index is 0.527. The summed E-state index contributed by atoms with van der Waals surface area (Å²) in [7, 11) is 0. The van der Waals surface area contributed by atoms with E-state index < -0.39 is 5.67 Å². The van der Waals surface area contributed by atoms with Gasteiger partial charge in [-0.1, -0.05) is 94.5 Å². The predicted molar refractivity (Wildman–Crippen MR) is 141 cm³/mol. The van der Waals surface area contributed by atoms with Gasteiger partial charge in [-0.3, -0.25) is 0 Å².